The highest BCUT2D eigenvalue weighted by Gasteiger charge is 2.27. The number of thiophene rings is 3. The zero-order chi connectivity index (χ0) is 91.5. The minimum Gasteiger partial charge on any atom is -0.378 e. The molecule has 30 nitrogen and oxygen atoms in total. The summed E-state index contributed by atoms with van der Waals surface area (Å²) in [5.41, 5.74) is 14.2. The molecule has 5 aliphatic heterocycles. The first-order valence-corrected chi connectivity index (χ1v) is 47.4. The van der Waals surface area contributed by atoms with Crippen LogP contribution in [0.4, 0.5) is 41.6 Å². The van der Waals surface area contributed by atoms with Gasteiger partial charge in [0.2, 0.25) is 0 Å². The van der Waals surface area contributed by atoms with E-state index >= 15 is 0 Å². The van der Waals surface area contributed by atoms with Gasteiger partial charge in [-0.2, -0.15) is 34.0 Å². The topological polar surface area (TPSA) is 309 Å². The Balaban J connectivity index is 0.000000101. The van der Waals surface area contributed by atoms with Gasteiger partial charge in [-0.1, -0.05) is 23.2 Å². The number of ether oxygens (including phenoxy) is 1. The lowest BCUT2D eigenvalue weighted by Gasteiger charge is -2.34. The second-order valence-corrected chi connectivity index (χ2v) is 36.6. The van der Waals surface area contributed by atoms with Crippen LogP contribution in [-0.4, -0.2) is 229 Å². The van der Waals surface area contributed by atoms with Crippen LogP contribution in [0.1, 0.15) is 0 Å². The van der Waals surface area contributed by atoms with Gasteiger partial charge in [0.15, 0.2) is 0 Å². The third-order valence-corrected chi connectivity index (χ3v) is 27.8. The fraction of sp³-hybridized carbons (Fsp3) is 0.229. The highest BCUT2D eigenvalue weighted by atomic mass is 35.5. The van der Waals surface area contributed by atoms with Crippen molar-refractivity contribution in [3.05, 3.63) is 282 Å². The van der Waals surface area contributed by atoms with Crippen molar-refractivity contribution in [1.29, 1.82) is 0 Å². The highest BCUT2D eigenvalue weighted by molar-refractivity contribution is 7.08. The normalized spacial score (nSPS) is 15.4. The predicted octanol–water partition coefficient (Wildman–Crippen LogP) is 14.4. The number of nitrogens with one attached hydrogen (secondary N) is 7. The van der Waals surface area contributed by atoms with Crippen LogP contribution in [0.25, 0.3) is 137 Å². The lowest BCUT2D eigenvalue weighted by Crippen LogP contribution is -2.44. The molecule has 5 aliphatic rings. The maximum Gasteiger partial charge on any atom is 0.280 e. The molecule has 0 spiro atoms. The van der Waals surface area contributed by atoms with E-state index in [9.17, 15) is 37.1 Å². The number of aromatic amines is 5. The summed E-state index contributed by atoms with van der Waals surface area (Å²) in [5, 5.41) is 41.3. The molecule has 18 heterocycles. The standard InChI is InChI=1S/C21H20ClN5O.C20H18ClN5O.C19H18FN5OS.C18H16FN5OS.C18H15FN4O2S/c1-25-8-10-26(11-9-25)16-6-7-17-19(12-16)23-13-18-20(17)24-27(21(18)28)15-4-2-14(22)3-5-15;21-13-1-3-14(4-2-13)26-20(27)17-12-23-18-11-15(25-9-7-22-8-10-25)5-6-16(18)19(17)24-26;1-23-3-5-24(6-4-23)17-9-16-13(8-15(17)20)18-14(10-21-16)19(26)25(22-18)12-2-7-27-11-12;19-14-7-12-15(8-16(14)23-4-2-20-3-5-23)21-9-13-17(12)22-24(18(13)25)11-1-6-26-10-11;19-14-7-12-15(8-16(14)22-2-4-25-5-3-22)20-9-13-17(12)21-23(18(13)24)11-1-6-26-10-11/h2-7,12-13,24H,8-11H2,1H3;1-6,11-12,22,24H,7-10H2;2,7-11,22H,3-6H2,1H3;1,6-10,20,22H,2-5H2;1,6-10,21H,2-5H2. The van der Waals surface area contributed by atoms with Gasteiger partial charge < -0.3 is 49.7 Å². The number of H-pyrrole nitrogens is 5. The van der Waals surface area contributed by atoms with Crippen molar-refractivity contribution in [3.8, 4) is 28.4 Å². The van der Waals surface area contributed by atoms with Gasteiger partial charge in [-0.3, -0.25) is 74.4 Å². The summed E-state index contributed by atoms with van der Waals surface area (Å²) in [6.07, 6.45) is 8.02. The van der Waals surface area contributed by atoms with Gasteiger partial charge in [0, 0.05) is 213 Å². The molecule has 0 aliphatic carbocycles. The van der Waals surface area contributed by atoms with Gasteiger partial charge in [-0.15, -0.1) is 0 Å². The number of pyridine rings is 5. The van der Waals surface area contributed by atoms with Crippen LogP contribution in [0, 0.1) is 17.5 Å². The first kappa shape index (κ1) is 86.9. The van der Waals surface area contributed by atoms with Crippen LogP contribution in [0.3, 0.4) is 0 Å². The summed E-state index contributed by atoms with van der Waals surface area (Å²) in [6, 6.07) is 42.2. The highest BCUT2D eigenvalue weighted by Crippen LogP contribution is 2.36. The molecule has 25 rings (SSSR count). The third kappa shape index (κ3) is 16.9. The van der Waals surface area contributed by atoms with Crippen LogP contribution in [0.15, 0.2) is 227 Å². The zero-order valence-corrected chi connectivity index (χ0v) is 76.4. The molecule has 0 saturated carbocycles. The Bertz CT molecular complexity index is 7940. The minimum absolute atomic E-state index is 0.116. The molecule has 0 amide bonds. The van der Waals surface area contributed by atoms with Crippen molar-refractivity contribution in [2.75, 3.05) is 170 Å². The summed E-state index contributed by atoms with van der Waals surface area (Å²) >= 11 is 16.5. The molecule has 38 heteroatoms. The molecule has 680 valence electrons. The lowest BCUT2D eigenvalue weighted by molar-refractivity contribution is 0.122. The van der Waals surface area contributed by atoms with E-state index in [2.05, 4.69) is 130 Å². The molecule has 0 unspecified atom stereocenters. The molecule has 5 fully saturated rings. The molecule has 0 bridgehead atoms. The zero-order valence-electron chi connectivity index (χ0n) is 72.4. The van der Waals surface area contributed by atoms with E-state index in [0.717, 1.165) is 172 Å². The van der Waals surface area contributed by atoms with Gasteiger partial charge in [0.1, 0.15) is 17.5 Å². The van der Waals surface area contributed by atoms with Crippen molar-refractivity contribution in [3.63, 3.8) is 0 Å². The maximum absolute atomic E-state index is 14.9. The lowest BCUT2D eigenvalue weighted by atomic mass is 10.1. The minimum atomic E-state index is -0.321. The van der Waals surface area contributed by atoms with Crippen LogP contribution >= 0.6 is 57.2 Å². The Kier molecular flexibility index (Phi) is 24.0. The molecular weight excluding hydrogens is 1810 g/mol. The van der Waals surface area contributed by atoms with E-state index in [-0.39, 0.29) is 45.2 Å². The smallest absolute Gasteiger partial charge is 0.280 e. The summed E-state index contributed by atoms with van der Waals surface area (Å²) in [6.45, 7) is 17.1. The van der Waals surface area contributed by atoms with Crippen molar-refractivity contribution in [2.24, 2.45) is 0 Å². The molecule has 134 heavy (non-hydrogen) atoms. The number of fused-ring (bicyclic) bond motifs is 15. The molecule has 20 aromatic rings. The van der Waals surface area contributed by atoms with E-state index in [1.54, 1.807) is 73.4 Å². The Morgan fingerprint density at radius 1 is 0.299 bits per heavy atom. The van der Waals surface area contributed by atoms with Crippen LogP contribution in [-0.2, 0) is 4.74 Å². The number of benzene rings is 7. The monoisotopic (exact) mass is 1890 g/mol. The van der Waals surface area contributed by atoms with E-state index in [1.807, 2.05) is 90.6 Å². The largest absolute Gasteiger partial charge is 0.378 e. The third-order valence-electron chi connectivity index (χ3n) is 25.3. The predicted molar refractivity (Wildman–Crippen MR) is 532 cm³/mol. The number of hydrogen-bond donors (Lipinski definition) is 7. The summed E-state index contributed by atoms with van der Waals surface area (Å²) in [4.78, 5) is 101. The molecule has 13 aromatic heterocycles. The molecule has 0 radical (unpaired) electrons. The second kappa shape index (κ2) is 37.0. The summed E-state index contributed by atoms with van der Waals surface area (Å²) in [7, 11) is 4.22. The number of aromatic nitrogens is 15. The molecule has 7 N–H and O–H groups in total. The molecule has 7 aromatic carbocycles. The van der Waals surface area contributed by atoms with Gasteiger partial charge >= 0.3 is 0 Å². The Morgan fingerprint density at radius 2 is 0.575 bits per heavy atom. The van der Waals surface area contributed by atoms with Crippen LogP contribution in [0.5, 0.6) is 0 Å². The Hall–Kier alpha value is -13.8. The fourth-order valence-corrected chi connectivity index (χ4v) is 20.0. The van der Waals surface area contributed by atoms with Crippen molar-refractivity contribution in [1.82, 2.24) is 94.3 Å². The SMILES string of the molecule is CN1CCN(c2cc3ncc4c(=O)n(-c5ccsc5)[nH]c4c3cc2F)CC1.CN1CCN(c2ccc3c(c2)ncc2c(=O)n(-c4ccc(Cl)cc4)[nH]c23)CC1.O=c1c2cnc3cc(N4CCNCC4)c(F)cc3c2[nH]n1-c1ccsc1.O=c1c2cnc3cc(N4CCNCC4)ccc3c2[nH]n1-c1ccc(Cl)cc1.O=c1c2cnc3cc(N4CCOCC4)c(F)cc3c2[nH]n1-c1ccsc1. The maximum atomic E-state index is 14.9. The Morgan fingerprint density at radius 3 is 0.903 bits per heavy atom. The van der Waals surface area contributed by atoms with Crippen molar-refractivity contribution >= 4 is 195 Å². The van der Waals surface area contributed by atoms with Gasteiger partial charge in [0.25, 0.3) is 27.8 Å². The summed E-state index contributed by atoms with van der Waals surface area (Å²) in [5.74, 6) is -0.902. The van der Waals surface area contributed by atoms with Gasteiger partial charge in [-0.05, 0) is 170 Å². The van der Waals surface area contributed by atoms with Gasteiger partial charge in [0.05, 0.1) is 141 Å². The molecule has 5 saturated heterocycles. The van der Waals surface area contributed by atoms with E-state index in [0.29, 0.717) is 130 Å². The number of nitrogens with zero attached hydrogens (tertiary/aromatic N) is 17. The van der Waals surface area contributed by atoms with Crippen LogP contribution < -0.4 is 62.9 Å². The van der Waals surface area contributed by atoms with Gasteiger partial charge in [-0.25, -0.2) is 36.6 Å². The van der Waals surface area contributed by atoms with E-state index in [1.165, 1.54) is 81.3 Å². The fourth-order valence-electron chi connectivity index (χ4n) is 17.9. The van der Waals surface area contributed by atoms with Crippen molar-refractivity contribution < 1.29 is 17.9 Å². The number of piperazine rings is 4. The number of rotatable bonds is 10. The second-order valence-electron chi connectivity index (χ2n) is 33.4. The Labute approximate surface area is 781 Å². The molecule has 0 atom stereocenters. The molecular formula is C96H87Cl2F3N24O6S3. The number of morpholine rings is 1. The quantitative estimate of drug-likeness (QED) is 0.0669. The summed E-state index contributed by atoms with van der Waals surface area (Å²) < 4.78 is 57.4. The van der Waals surface area contributed by atoms with Crippen molar-refractivity contribution in [2.45, 2.75) is 0 Å². The average Bonchev–Trinajstić information content (AvgIpc) is 1.60. The van der Waals surface area contributed by atoms with E-state index < -0.39 is 0 Å². The number of anilines is 5. The number of hydrogen-bond acceptors (Lipinski definition) is 23. The average molecular weight is 1900 g/mol. The first-order valence-electron chi connectivity index (χ1n) is 43.8. The number of halogens is 5. The number of likely N-dealkylation sites (N-methyl/N-ethyl adjacent to an activating group) is 2. The van der Waals surface area contributed by atoms with E-state index in [4.69, 9.17) is 27.9 Å². The van der Waals surface area contributed by atoms with Crippen LogP contribution in [0.2, 0.25) is 10.0 Å². The first-order chi connectivity index (χ1) is 65.4.